The number of carbonyl (C=O) groups excluding carboxylic acids is 2. The first kappa shape index (κ1) is 17.5. The first-order chi connectivity index (χ1) is 13.2. The summed E-state index contributed by atoms with van der Waals surface area (Å²) in [5, 5.41) is 1.95. The van der Waals surface area contributed by atoms with Crippen LogP contribution in [0.25, 0.3) is 10.8 Å². The van der Waals surface area contributed by atoms with Gasteiger partial charge in [-0.3, -0.25) is 9.59 Å². The maximum absolute atomic E-state index is 12.9. The summed E-state index contributed by atoms with van der Waals surface area (Å²) < 4.78 is 0. The summed E-state index contributed by atoms with van der Waals surface area (Å²) in [6.45, 7) is 2.21. The maximum Gasteiger partial charge on any atom is 0.266 e. The summed E-state index contributed by atoms with van der Waals surface area (Å²) in [7, 11) is 0. The number of benzene rings is 3. The van der Waals surface area contributed by atoms with Gasteiger partial charge in [-0.05, 0) is 53.4 Å². The van der Waals surface area contributed by atoms with Gasteiger partial charge in [-0.1, -0.05) is 62.6 Å². The van der Waals surface area contributed by atoms with Crippen molar-refractivity contribution in [3.05, 3.63) is 77.4 Å². The molecule has 1 heterocycles. The molecule has 0 N–H and O–H groups in total. The van der Waals surface area contributed by atoms with E-state index in [2.05, 4.69) is 6.92 Å². The molecule has 0 spiro atoms. The number of rotatable bonds is 6. The second-order valence-electron chi connectivity index (χ2n) is 7.17. The molecule has 0 fully saturated rings. The molecule has 0 bridgehead atoms. The van der Waals surface area contributed by atoms with Crippen molar-refractivity contribution >= 4 is 28.3 Å². The molecule has 0 saturated heterocycles. The van der Waals surface area contributed by atoms with Crippen molar-refractivity contribution in [3.8, 4) is 0 Å². The Bertz CT molecular complexity index is 950. The summed E-state index contributed by atoms with van der Waals surface area (Å²) >= 11 is 0. The molecule has 4 rings (SSSR count). The van der Waals surface area contributed by atoms with Gasteiger partial charge in [0.25, 0.3) is 11.8 Å². The van der Waals surface area contributed by atoms with Crippen LogP contribution < -0.4 is 4.90 Å². The molecule has 3 aromatic carbocycles. The first-order valence-corrected chi connectivity index (χ1v) is 9.69. The third kappa shape index (κ3) is 3.25. The van der Waals surface area contributed by atoms with Gasteiger partial charge in [-0.2, -0.15) is 0 Å². The molecule has 1 aliphatic heterocycles. The Hall–Kier alpha value is -2.94. The number of aryl methyl sites for hydroxylation is 1. The summed E-state index contributed by atoms with van der Waals surface area (Å²) in [5.74, 6) is -0.479. The molecule has 3 aromatic rings. The Balaban J connectivity index is 1.58. The predicted molar refractivity (Wildman–Crippen MR) is 109 cm³/mol. The predicted octanol–water partition coefficient (Wildman–Crippen LogP) is 5.76. The number of imide groups is 1. The van der Waals surface area contributed by atoms with Crippen LogP contribution in [0.15, 0.2) is 60.7 Å². The van der Waals surface area contributed by atoms with E-state index >= 15 is 0 Å². The fraction of sp³-hybridized carbons (Fsp3) is 0.250. The van der Waals surface area contributed by atoms with E-state index in [-0.39, 0.29) is 11.8 Å². The van der Waals surface area contributed by atoms with E-state index in [1.165, 1.54) is 36.1 Å². The minimum atomic E-state index is -0.239. The van der Waals surface area contributed by atoms with E-state index in [0.717, 1.165) is 17.2 Å². The molecule has 1 aliphatic rings. The van der Waals surface area contributed by atoms with Gasteiger partial charge in [0.05, 0.1) is 16.8 Å². The van der Waals surface area contributed by atoms with Crippen LogP contribution >= 0.6 is 0 Å². The van der Waals surface area contributed by atoms with Gasteiger partial charge in [-0.15, -0.1) is 0 Å². The summed E-state index contributed by atoms with van der Waals surface area (Å²) in [6.07, 6.45) is 5.94. The highest BCUT2D eigenvalue weighted by molar-refractivity contribution is 6.35. The lowest BCUT2D eigenvalue weighted by atomic mass is 10.0. The van der Waals surface area contributed by atoms with E-state index in [4.69, 9.17) is 0 Å². The number of hydrogen-bond acceptors (Lipinski definition) is 2. The third-order valence-electron chi connectivity index (χ3n) is 5.27. The molecule has 0 radical (unpaired) electrons. The minimum absolute atomic E-state index is 0.239. The second kappa shape index (κ2) is 7.36. The van der Waals surface area contributed by atoms with Gasteiger partial charge in [-0.25, -0.2) is 4.90 Å². The average Bonchev–Trinajstić information content (AvgIpc) is 2.94. The first-order valence-electron chi connectivity index (χ1n) is 9.69. The van der Waals surface area contributed by atoms with Gasteiger partial charge in [0.2, 0.25) is 0 Å². The van der Waals surface area contributed by atoms with E-state index < -0.39 is 0 Å². The zero-order valence-electron chi connectivity index (χ0n) is 15.6. The lowest BCUT2D eigenvalue weighted by Crippen LogP contribution is -2.29. The zero-order chi connectivity index (χ0) is 18.8. The molecule has 0 aliphatic carbocycles. The normalized spacial score (nSPS) is 13.4. The Morgan fingerprint density at radius 2 is 1.33 bits per heavy atom. The van der Waals surface area contributed by atoms with Crippen LogP contribution in [-0.2, 0) is 6.42 Å². The van der Waals surface area contributed by atoms with Crippen molar-refractivity contribution in [1.82, 2.24) is 0 Å². The summed E-state index contributed by atoms with van der Waals surface area (Å²) in [6, 6.07) is 19.3. The number of anilines is 1. The van der Waals surface area contributed by atoms with Crippen LogP contribution in [0.1, 0.15) is 58.9 Å². The molecular formula is C24H23NO2. The van der Waals surface area contributed by atoms with Crippen molar-refractivity contribution < 1.29 is 9.59 Å². The third-order valence-corrected chi connectivity index (χ3v) is 5.27. The van der Waals surface area contributed by atoms with Gasteiger partial charge in [0.15, 0.2) is 0 Å². The van der Waals surface area contributed by atoms with E-state index in [0.29, 0.717) is 16.8 Å². The van der Waals surface area contributed by atoms with Crippen LogP contribution in [0, 0.1) is 0 Å². The van der Waals surface area contributed by atoms with Gasteiger partial charge in [0, 0.05) is 0 Å². The molecular weight excluding hydrogens is 334 g/mol. The van der Waals surface area contributed by atoms with Gasteiger partial charge >= 0.3 is 0 Å². The molecule has 0 aromatic heterocycles. The number of fused-ring (bicyclic) bond motifs is 2. The number of hydrogen-bond donors (Lipinski definition) is 0. The van der Waals surface area contributed by atoms with Crippen LogP contribution in [-0.4, -0.2) is 11.8 Å². The van der Waals surface area contributed by atoms with Crippen LogP contribution in [0.2, 0.25) is 0 Å². The largest absolute Gasteiger partial charge is 0.268 e. The zero-order valence-corrected chi connectivity index (χ0v) is 15.6. The monoisotopic (exact) mass is 357 g/mol. The number of amides is 2. The fourth-order valence-electron chi connectivity index (χ4n) is 3.73. The Morgan fingerprint density at radius 1 is 0.741 bits per heavy atom. The molecule has 2 amide bonds. The number of carbonyl (C=O) groups is 2. The standard InChI is InChI=1S/C24H23NO2/c1-2-3-4-5-8-17-11-13-20(14-12-17)25-23(26)21-15-18-9-6-7-10-19(18)16-22(21)24(25)27/h6-7,9-16H,2-5,8H2,1H3. The smallest absolute Gasteiger partial charge is 0.266 e. The summed E-state index contributed by atoms with van der Waals surface area (Å²) in [4.78, 5) is 27.1. The number of nitrogens with zero attached hydrogens (tertiary/aromatic N) is 1. The summed E-state index contributed by atoms with van der Waals surface area (Å²) in [5.41, 5.74) is 2.87. The molecule has 0 saturated carbocycles. The Kier molecular flexibility index (Phi) is 4.76. The van der Waals surface area contributed by atoms with Gasteiger partial charge < -0.3 is 0 Å². The Morgan fingerprint density at radius 3 is 1.89 bits per heavy atom. The van der Waals surface area contributed by atoms with E-state index in [1.54, 1.807) is 0 Å². The van der Waals surface area contributed by atoms with Crippen LogP contribution in [0.4, 0.5) is 5.69 Å². The fourth-order valence-corrected chi connectivity index (χ4v) is 3.73. The topological polar surface area (TPSA) is 37.4 Å². The quantitative estimate of drug-likeness (QED) is 0.415. The Labute approximate surface area is 159 Å². The SMILES string of the molecule is CCCCCCc1ccc(N2C(=O)c3cc4ccccc4cc3C2=O)cc1. The molecule has 136 valence electrons. The second-order valence-corrected chi connectivity index (χ2v) is 7.17. The van der Waals surface area contributed by atoms with Crippen LogP contribution in [0.3, 0.4) is 0 Å². The van der Waals surface area contributed by atoms with Crippen molar-refractivity contribution in [3.63, 3.8) is 0 Å². The number of unbranched alkanes of at least 4 members (excludes halogenated alkanes) is 3. The van der Waals surface area contributed by atoms with Crippen molar-refractivity contribution in [2.45, 2.75) is 39.0 Å². The lowest BCUT2D eigenvalue weighted by molar-refractivity contribution is 0.0926. The van der Waals surface area contributed by atoms with Gasteiger partial charge in [0.1, 0.15) is 0 Å². The van der Waals surface area contributed by atoms with Crippen molar-refractivity contribution in [2.24, 2.45) is 0 Å². The molecule has 27 heavy (non-hydrogen) atoms. The minimum Gasteiger partial charge on any atom is -0.268 e. The molecule has 0 unspecified atom stereocenters. The highest BCUT2D eigenvalue weighted by Gasteiger charge is 2.36. The van der Waals surface area contributed by atoms with Crippen molar-refractivity contribution in [1.29, 1.82) is 0 Å². The van der Waals surface area contributed by atoms with Crippen molar-refractivity contribution in [2.75, 3.05) is 4.90 Å². The highest BCUT2D eigenvalue weighted by atomic mass is 16.2. The van der Waals surface area contributed by atoms with E-state index in [1.807, 2.05) is 60.7 Å². The molecule has 3 heteroatoms. The lowest BCUT2D eigenvalue weighted by Gasteiger charge is -2.14. The molecule has 0 atom stereocenters. The maximum atomic E-state index is 12.9. The molecule has 3 nitrogen and oxygen atoms in total. The highest BCUT2D eigenvalue weighted by Crippen LogP contribution is 2.31. The van der Waals surface area contributed by atoms with Crippen LogP contribution in [0.5, 0.6) is 0 Å². The van der Waals surface area contributed by atoms with E-state index in [9.17, 15) is 9.59 Å². The average molecular weight is 357 g/mol.